The zero-order valence-corrected chi connectivity index (χ0v) is 14.8. The zero-order valence-electron chi connectivity index (χ0n) is 14.8. The van der Waals surface area contributed by atoms with Gasteiger partial charge in [0.25, 0.3) is 0 Å². The molecule has 2 bridgehead atoms. The van der Waals surface area contributed by atoms with Gasteiger partial charge in [-0.1, -0.05) is 32.6 Å². The van der Waals surface area contributed by atoms with E-state index in [2.05, 4.69) is 6.92 Å². The number of carbonyl (C=O) groups excluding carboxylic acids is 1. The molecule has 0 aromatic rings. The Morgan fingerprint density at radius 2 is 1.88 bits per heavy atom. The largest absolute Gasteiger partial charge is 0.367 e. The van der Waals surface area contributed by atoms with Crippen LogP contribution in [0.3, 0.4) is 0 Å². The lowest BCUT2D eigenvalue weighted by Gasteiger charge is -2.17. The van der Waals surface area contributed by atoms with Gasteiger partial charge in [-0.3, -0.25) is 14.9 Å². The molecule has 5 nitrogen and oxygen atoms in total. The van der Waals surface area contributed by atoms with Gasteiger partial charge in [-0.05, 0) is 43.4 Å². The number of nitrogens with zero attached hydrogens (tertiary/aromatic N) is 1. The number of nitro groups is 1. The van der Waals surface area contributed by atoms with Crippen molar-refractivity contribution in [1.82, 2.24) is 0 Å². The van der Waals surface area contributed by atoms with Crippen molar-refractivity contribution >= 4 is 5.78 Å². The van der Waals surface area contributed by atoms with Gasteiger partial charge in [-0.2, -0.15) is 0 Å². The van der Waals surface area contributed by atoms with Crippen molar-refractivity contribution in [3.8, 4) is 0 Å². The second kappa shape index (κ2) is 7.94. The highest BCUT2D eigenvalue weighted by Crippen LogP contribution is 2.56. The molecule has 6 unspecified atom stereocenters. The summed E-state index contributed by atoms with van der Waals surface area (Å²) in [5.41, 5.74) is 0. The van der Waals surface area contributed by atoms with Crippen molar-refractivity contribution in [1.29, 1.82) is 0 Å². The molecule has 3 aliphatic rings. The van der Waals surface area contributed by atoms with E-state index in [4.69, 9.17) is 4.74 Å². The molecule has 0 spiro atoms. The Balaban J connectivity index is 1.41. The maximum atomic E-state index is 12.5. The van der Waals surface area contributed by atoms with E-state index in [1.165, 1.54) is 19.3 Å². The molecule has 3 rings (SSSR count). The van der Waals surface area contributed by atoms with E-state index < -0.39 is 6.04 Å². The molecule has 0 amide bonds. The van der Waals surface area contributed by atoms with Crippen molar-refractivity contribution in [2.45, 2.75) is 95.8 Å². The molecule has 24 heavy (non-hydrogen) atoms. The highest BCUT2D eigenvalue weighted by Gasteiger charge is 2.57. The van der Waals surface area contributed by atoms with Crippen LogP contribution in [0.15, 0.2) is 0 Å². The fraction of sp³-hybridized carbons (Fsp3) is 0.947. The first-order chi connectivity index (χ1) is 11.6. The molecule has 6 atom stereocenters. The van der Waals surface area contributed by atoms with Gasteiger partial charge in [0.15, 0.2) is 5.78 Å². The van der Waals surface area contributed by atoms with Crippen LogP contribution in [0.1, 0.15) is 77.6 Å². The van der Waals surface area contributed by atoms with Crippen LogP contribution in [0.4, 0.5) is 0 Å². The van der Waals surface area contributed by atoms with Gasteiger partial charge in [0.2, 0.25) is 6.04 Å². The molecule has 5 heteroatoms. The highest BCUT2D eigenvalue weighted by molar-refractivity contribution is 5.84. The van der Waals surface area contributed by atoms with E-state index in [1.807, 2.05) is 0 Å². The summed E-state index contributed by atoms with van der Waals surface area (Å²) in [5.74, 6) is 1.88. The summed E-state index contributed by atoms with van der Waals surface area (Å²) < 4.78 is 6.00. The number of ether oxygens (including phenoxy) is 1. The summed E-state index contributed by atoms with van der Waals surface area (Å²) >= 11 is 0. The predicted octanol–water partition coefficient (Wildman–Crippen LogP) is 4.16. The van der Waals surface area contributed by atoms with Crippen molar-refractivity contribution in [2.24, 2.45) is 17.8 Å². The summed E-state index contributed by atoms with van der Waals surface area (Å²) in [5, 5.41) is 11.3. The summed E-state index contributed by atoms with van der Waals surface area (Å²) in [6, 6.07) is -0.565. The van der Waals surface area contributed by atoms with Crippen LogP contribution in [-0.2, 0) is 9.53 Å². The molecule has 1 saturated heterocycles. The lowest BCUT2D eigenvalue weighted by atomic mass is 9.84. The van der Waals surface area contributed by atoms with Crippen molar-refractivity contribution in [3.05, 3.63) is 10.1 Å². The van der Waals surface area contributed by atoms with Gasteiger partial charge in [0.05, 0.1) is 6.10 Å². The number of Topliss-reactive ketones (excluding diaryl/α,β-unsaturated/α-hetero) is 1. The number of fused-ring (bicyclic) bond motifs is 1. The van der Waals surface area contributed by atoms with E-state index in [1.54, 1.807) is 0 Å². The van der Waals surface area contributed by atoms with Gasteiger partial charge >= 0.3 is 0 Å². The van der Waals surface area contributed by atoms with Crippen LogP contribution in [0.5, 0.6) is 0 Å². The second-order valence-electron chi connectivity index (χ2n) is 8.14. The first kappa shape index (κ1) is 17.8. The van der Waals surface area contributed by atoms with Crippen molar-refractivity contribution < 1.29 is 14.5 Å². The quantitative estimate of drug-likeness (QED) is 0.322. The van der Waals surface area contributed by atoms with Gasteiger partial charge < -0.3 is 4.74 Å². The number of carbonyl (C=O) groups is 1. The third kappa shape index (κ3) is 3.81. The van der Waals surface area contributed by atoms with Gasteiger partial charge in [-0.15, -0.1) is 0 Å². The first-order valence-corrected chi connectivity index (χ1v) is 9.91. The average molecular weight is 337 g/mol. The van der Waals surface area contributed by atoms with E-state index in [-0.39, 0.29) is 16.8 Å². The molecular formula is C19H31NO4. The summed E-state index contributed by atoms with van der Waals surface area (Å²) in [7, 11) is 0. The third-order valence-corrected chi connectivity index (χ3v) is 6.49. The fourth-order valence-corrected chi connectivity index (χ4v) is 5.24. The minimum atomic E-state index is -0.565. The summed E-state index contributed by atoms with van der Waals surface area (Å²) in [4.78, 5) is 23.6. The molecule has 2 saturated carbocycles. The Morgan fingerprint density at radius 1 is 1.12 bits per heavy atom. The Morgan fingerprint density at radius 3 is 2.54 bits per heavy atom. The van der Waals surface area contributed by atoms with Gasteiger partial charge in [-0.25, -0.2) is 0 Å². The van der Waals surface area contributed by atoms with E-state index in [0.717, 1.165) is 38.0 Å². The number of rotatable bonds is 11. The topological polar surface area (TPSA) is 69.4 Å². The van der Waals surface area contributed by atoms with Gasteiger partial charge in [0.1, 0.15) is 6.10 Å². The number of hydrogen-bond acceptors (Lipinski definition) is 4. The standard InChI is InChI=1S/C19H31NO4/c1-2-3-4-5-6-7-14(20(22)23)8-9-17(21)19-16-11-13-10-15(16)18(12-13)24-19/h13-16,18-19H,2-12H2,1H3. The van der Waals surface area contributed by atoms with Crippen LogP contribution >= 0.6 is 0 Å². The lowest BCUT2D eigenvalue weighted by molar-refractivity contribution is -0.524. The number of ketones is 1. The van der Waals surface area contributed by atoms with E-state index >= 15 is 0 Å². The second-order valence-corrected chi connectivity index (χ2v) is 8.14. The fourth-order valence-electron chi connectivity index (χ4n) is 5.24. The Bertz CT molecular complexity index is 464. The predicted molar refractivity (Wildman–Crippen MR) is 91.4 cm³/mol. The lowest BCUT2D eigenvalue weighted by Crippen LogP contribution is -2.29. The maximum Gasteiger partial charge on any atom is 0.213 e. The van der Waals surface area contributed by atoms with E-state index in [0.29, 0.717) is 37.2 Å². The molecule has 0 radical (unpaired) electrons. The first-order valence-electron chi connectivity index (χ1n) is 9.91. The van der Waals surface area contributed by atoms with Crippen LogP contribution in [0.25, 0.3) is 0 Å². The molecule has 3 fully saturated rings. The SMILES string of the molecule is CCCCCCCC(CCC(=O)C1OC2CC3CC2C1C3)[N+](=O)[O-]. The number of unbranched alkanes of at least 4 members (excludes halogenated alkanes) is 4. The molecule has 0 aromatic carbocycles. The molecule has 0 aromatic heterocycles. The summed E-state index contributed by atoms with van der Waals surface area (Å²) in [6.45, 7) is 2.16. The smallest absolute Gasteiger partial charge is 0.213 e. The van der Waals surface area contributed by atoms with E-state index in [9.17, 15) is 14.9 Å². The van der Waals surface area contributed by atoms with Crippen LogP contribution in [0, 0.1) is 27.9 Å². The summed E-state index contributed by atoms with van der Waals surface area (Å²) in [6.07, 6.45) is 10.3. The monoisotopic (exact) mass is 337 g/mol. The molecule has 136 valence electrons. The zero-order chi connectivity index (χ0) is 17.1. The highest BCUT2D eigenvalue weighted by atomic mass is 16.6. The van der Waals surface area contributed by atoms with Crippen LogP contribution in [0.2, 0.25) is 0 Å². The van der Waals surface area contributed by atoms with Crippen LogP contribution < -0.4 is 0 Å². The minimum absolute atomic E-state index is 0.118. The molecule has 1 heterocycles. The van der Waals surface area contributed by atoms with Crippen LogP contribution in [-0.4, -0.2) is 29.0 Å². The third-order valence-electron chi connectivity index (χ3n) is 6.49. The van der Waals surface area contributed by atoms with Crippen molar-refractivity contribution in [3.63, 3.8) is 0 Å². The Labute approximate surface area is 144 Å². The average Bonchev–Trinajstić information content (AvgIpc) is 3.17. The van der Waals surface area contributed by atoms with Crippen molar-refractivity contribution in [2.75, 3.05) is 0 Å². The maximum absolute atomic E-state index is 12.5. The van der Waals surface area contributed by atoms with Gasteiger partial charge in [0, 0.05) is 24.2 Å². The Hall–Kier alpha value is -0.970. The molecule has 2 aliphatic carbocycles. The molecule has 0 N–H and O–H groups in total. The normalized spacial score (nSPS) is 34.6. The molecule has 1 aliphatic heterocycles. The number of hydrogen-bond donors (Lipinski definition) is 0. The Kier molecular flexibility index (Phi) is 5.90. The molecular weight excluding hydrogens is 306 g/mol. The minimum Gasteiger partial charge on any atom is -0.367 e.